The van der Waals surface area contributed by atoms with Crippen LogP contribution < -0.4 is 5.32 Å². The summed E-state index contributed by atoms with van der Waals surface area (Å²) in [4.78, 5) is 24.5. The number of ether oxygens (including phenoxy) is 1. The highest BCUT2D eigenvalue weighted by Crippen LogP contribution is 2.32. The number of nitrogens with zero attached hydrogens (tertiary/aromatic N) is 1. The van der Waals surface area contributed by atoms with Crippen molar-refractivity contribution in [1.29, 1.82) is 0 Å². The van der Waals surface area contributed by atoms with Gasteiger partial charge in [0.05, 0.1) is 13.0 Å². The predicted octanol–water partition coefficient (Wildman–Crippen LogP) is 7.01. The summed E-state index contributed by atoms with van der Waals surface area (Å²) >= 11 is 7.74. The Hall–Kier alpha value is -3.75. The number of carbonyl (C=O) groups is 2. The molecule has 0 radical (unpaired) electrons. The molecule has 7 nitrogen and oxygen atoms in total. The number of aryl methyl sites for hydroxylation is 1. The minimum Gasteiger partial charge on any atom is -0.481 e. The van der Waals surface area contributed by atoms with E-state index >= 15 is 0 Å². The van der Waals surface area contributed by atoms with E-state index in [1.54, 1.807) is 24.8 Å². The molecule has 37 heavy (non-hydrogen) atoms. The van der Waals surface area contributed by atoms with E-state index in [9.17, 15) is 9.59 Å². The van der Waals surface area contributed by atoms with Crippen LogP contribution >= 0.6 is 23.4 Å². The molecular weight excluding hydrogens is 512 g/mol. The maximum Gasteiger partial charge on any atom is 0.411 e. The van der Waals surface area contributed by atoms with Gasteiger partial charge in [-0.2, -0.15) is 0 Å². The van der Waals surface area contributed by atoms with Crippen LogP contribution in [0.25, 0.3) is 11.3 Å². The van der Waals surface area contributed by atoms with Gasteiger partial charge in [0.2, 0.25) is 0 Å². The Morgan fingerprint density at radius 1 is 1.03 bits per heavy atom. The average Bonchev–Trinajstić information content (AvgIpc) is 3.24. The van der Waals surface area contributed by atoms with Crippen molar-refractivity contribution >= 4 is 41.1 Å². The molecule has 1 aromatic heterocycles. The number of benzene rings is 3. The molecular formula is C28H25ClN2O5S. The predicted molar refractivity (Wildman–Crippen MR) is 144 cm³/mol. The molecule has 0 aliphatic carbocycles. The quantitative estimate of drug-likeness (QED) is 0.210. The molecule has 0 saturated carbocycles. The third-order valence-corrected chi connectivity index (χ3v) is 7.13. The van der Waals surface area contributed by atoms with E-state index in [0.717, 1.165) is 27.1 Å². The monoisotopic (exact) mass is 536 g/mol. The summed E-state index contributed by atoms with van der Waals surface area (Å²) in [6, 6.07) is 22.7. The van der Waals surface area contributed by atoms with Gasteiger partial charge in [-0.05, 0) is 35.7 Å². The minimum atomic E-state index is -0.853. The molecule has 0 aliphatic heterocycles. The van der Waals surface area contributed by atoms with Gasteiger partial charge in [-0.3, -0.25) is 10.1 Å². The fraction of sp³-hybridized carbons (Fsp3) is 0.179. The summed E-state index contributed by atoms with van der Waals surface area (Å²) in [7, 11) is 0. The van der Waals surface area contributed by atoms with Crippen LogP contribution in [0.1, 0.15) is 22.4 Å². The zero-order chi connectivity index (χ0) is 26.2. The van der Waals surface area contributed by atoms with Gasteiger partial charge in [0.25, 0.3) is 0 Å². The lowest BCUT2D eigenvalue weighted by molar-refractivity contribution is -0.136. The zero-order valence-corrected chi connectivity index (χ0v) is 21.6. The Kier molecular flexibility index (Phi) is 8.87. The van der Waals surface area contributed by atoms with Gasteiger partial charge >= 0.3 is 12.1 Å². The minimum absolute atomic E-state index is 0.00876. The van der Waals surface area contributed by atoms with Crippen LogP contribution in [0.15, 0.2) is 82.2 Å². The standard InChI is InChI=1S/C28H25ClN2O5S/c1-18-26(30-28(34)35-15-14-20-6-2-4-8-23(20)29)27(36-31-18)21-12-10-19(11-13-21)17-37-24-9-5-3-7-22(24)16-25(32)33/h2-13H,14-17H2,1H3,(H,30,34)(H,32,33). The van der Waals surface area contributed by atoms with Crippen LogP contribution in [0.2, 0.25) is 5.02 Å². The summed E-state index contributed by atoms with van der Waals surface area (Å²) in [6.07, 6.45) is -0.110. The molecule has 190 valence electrons. The first-order valence-corrected chi connectivity index (χ1v) is 12.9. The van der Waals surface area contributed by atoms with Crippen LogP contribution in [-0.4, -0.2) is 28.9 Å². The number of anilines is 1. The molecule has 2 N–H and O–H groups in total. The Morgan fingerprint density at radius 2 is 1.73 bits per heavy atom. The van der Waals surface area contributed by atoms with E-state index in [4.69, 9.17) is 26.0 Å². The normalized spacial score (nSPS) is 10.8. The molecule has 1 amide bonds. The van der Waals surface area contributed by atoms with Gasteiger partial charge in [0.1, 0.15) is 11.4 Å². The highest BCUT2D eigenvalue weighted by Gasteiger charge is 2.18. The van der Waals surface area contributed by atoms with Gasteiger partial charge in [0, 0.05) is 27.7 Å². The van der Waals surface area contributed by atoms with E-state index in [-0.39, 0.29) is 13.0 Å². The molecule has 0 fully saturated rings. The van der Waals surface area contributed by atoms with Gasteiger partial charge < -0.3 is 14.4 Å². The third kappa shape index (κ3) is 7.15. The number of carbonyl (C=O) groups excluding carboxylic acids is 1. The van der Waals surface area contributed by atoms with Crippen molar-refractivity contribution in [2.75, 3.05) is 11.9 Å². The number of aliphatic carboxylic acids is 1. The number of thioether (sulfide) groups is 1. The molecule has 3 aromatic carbocycles. The molecule has 1 heterocycles. The largest absolute Gasteiger partial charge is 0.481 e. The van der Waals surface area contributed by atoms with E-state index in [1.807, 2.05) is 66.7 Å². The van der Waals surface area contributed by atoms with Crippen molar-refractivity contribution in [3.05, 3.63) is 100 Å². The lowest BCUT2D eigenvalue weighted by Crippen LogP contribution is -2.16. The maximum absolute atomic E-state index is 12.4. The molecule has 0 unspecified atom stereocenters. The topological polar surface area (TPSA) is 102 Å². The van der Waals surface area contributed by atoms with Crippen molar-refractivity contribution in [2.24, 2.45) is 0 Å². The summed E-state index contributed by atoms with van der Waals surface area (Å²) in [5, 5.41) is 16.5. The second kappa shape index (κ2) is 12.5. The Balaban J connectivity index is 1.36. The van der Waals surface area contributed by atoms with Crippen molar-refractivity contribution in [3.63, 3.8) is 0 Å². The van der Waals surface area contributed by atoms with Gasteiger partial charge in [-0.1, -0.05) is 77.4 Å². The molecule has 0 aliphatic rings. The van der Waals surface area contributed by atoms with E-state index in [1.165, 1.54) is 0 Å². The van der Waals surface area contributed by atoms with Crippen molar-refractivity contribution < 1.29 is 24.0 Å². The van der Waals surface area contributed by atoms with Crippen molar-refractivity contribution in [2.45, 2.75) is 30.4 Å². The first kappa shape index (κ1) is 26.3. The number of carboxylic acid groups (broad SMARTS) is 1. The lowest BCUT2D eigenvalue weighted by Gasteiger charge is -2.09. The second-order valence-electron chi connectivity index (χ2n) is 8.24. The van der Waals surface area contributed by atoms with Crippen LogP contribution in [0.4, 0.5) is 10.5 Å². The van der Waals surface area contributed by atoms with Gasteiger partial charge in [-0.15, -0.1) is 11.8 Å². The number of amides is 1. The smallest absolute Gasteiger partial charge is 0.411 e. The average molecular weight is 537 g/mol. The van der Waals surface area contributed by atoms with E-state index < -0.39 is 12.1 Å². The van der Waals surface area contributed by atoms with E-state index in [0.29, 0.717) is 34.3 Å². The number of carboxylic acids is 1. The number of hydrogen-bond donors (Lipinski definition) is 2. The molecule has 4 rings (SSSR count). The van der Waals surface area contributed by atoms with Gasteiger partial charge in [-0.25, -0.2) is 4.79 Å². The third-order valence-electron chi connectivity index (χ3n) is 5.58. The van der Waals surface area contributed by atoms with Crippen molar-refractivity contribution in [1.82, 2.24) is 5.16 Å². The summed E-state index contributed by atoms with van der Waals surface area (Å²) in [5.74, 6) is 0.259. The van der Waals surface area contributed by atoms with Crippen LogP contribution in [0.5, 0.6) is 0 Å². The van der Waals surface area contributed by atoms with E-state index in [2.05, 4.69) is 10.5 Å². The summed E-state index contributed by atoms with van der Waals surface area (Å²) < 4.78 is 10.8. The number of halogens is 1. The Morgan fingerprint density at radius 3 is 2.46 bits per heavy atom. The van der Waals surface area contributed by atoms with Crippen LogP contribution in [0, 0.1) is 6.92 Å². The molecule has 9 heteroatoms. The molecule has 0 saturated heterocycles. The zero-order valence-electron chi connectivity index (χ0n) is 20.1. The lowest BCUT2D eigenvalue weighted by atomic mass is 10.1. The number of aromatic nitrogens is 1. The fourth-order valence-electron chi connectivity index (χ4n) is 3.67. The summed E-state index contributed by atoms with van der Waals surface area (Å²) in [6.45, 7) is 1.92. The number of rotatable bonds is 10. The Labute approximate surface area is 223 Å². The second-order valence-corrected chi connectivity index (χ2v) is 9.66. The van der Waals surface area contributed by atoms with Crippen LogP contribution in [0.3, 0.4) is 0 Å². The number of nitrogens with one attached hydrogen (secondary N) is 1. The fourth-order valence-corrected chi connectivity index (χ4v) is 4.92. The van der Waals surface area contributed by atoms with Crippen LogP contribution in [-0.2, 0) is 28.1 Å². The van der Waals surface area contributed by atoms with Gasteiger partial charge in [0.15, 0.2) is 5.76 Å². The Bertz CT molecular complexity index is 1390. The molecule has 0 spiro atoms. The number of hydrogen-bond acceptors (Lipinski definition) is 6. The highest BCUT2D eigenvalue weighted by molar-refractivity contribution is 7.98. The maximum atomic E-state index is 12.4. The molecule has 4 aromatic rings. The van der Waals surface area contributed by atoms with Crippen molar-refractivity contribution in [3.8, 4) is 11.3 Å². The molecule has 0 bridgehead atoms. The summed E-state index contributed by atoms with van der Waals surface area (Å²) in [5.41, 5.74) is 4.50. The SMILES string of the molecule is Cc1noc(-c2ccc(CSc3ccccc3CC(=O)O)cc2)c1NC(=O)OCCc1ccccc1Cl. The molecule has 0 atom stereocenters. The highest BCUT2D eigenvalue weighted by atomic mass is 35.5. The first-order chi connectivity index (χ1) is 17.9. The first-order valence-electron chi connectivity index (χ1n) is 11.6.